The van der Waals surface area contributed by atoms with Gasteiger partial charge in [0.25, 0.3) is 0 Å². The van der Waals surface area contributed by atoms with Gasteiger partial charge in [-0.2, -0.15) is 0 Å². The summed E-state index contributed by atoms with van der Waals surface area (Å²) >= 11 is 0. The lowest BCUT2D eigenvalue weighted by molar-refractivity contribution is 0.320. The predicted molar refractivity (Wildman–Crippen MR) is 66.6 cm³/mol. The molecule has 0 aliphatic carbocycles. The van der Waals surface area contributed by atoms with E-state index in [-0.39, 0.29) is 0 Å². The van der Waals surface area contributed by atoms with E-state index in [1.807, 2.05) is 0 Å². The van der Waals surface area contributed by atoms with Crippen molar-refractivity contribution in [2.45, 2.75) is 52.9 Å². The topological polar surface area (TPSA) is 32.6 Å². The van der Waals surface area contributed by atoms with Crippen molar-refractivity contribution < 1.29 is 5.21 Å². The zero-order chi connectivity index (χ0) is 11.5. The highest BCUT2D eigenvalue weighted by Crippen LogP contribution is 2.09. The molecule has 1 N–H and O–H groups in total. The second-order valence-corrected chi connectivity index (χ2v) is 3.87. The van der Waals surface area contributed by atoms with Crippen molar-refractivity contribution in [3.8, 4) is 0 Å². The first-order chi connectivity index (χ1) is 7.20. The molecule has 0 fully saturated rings. The molecule has 0 unspecified atom stereocenters. The summed E-state index contributed by atoms with van der Waals surface area (Å²) in [6, 6.07) is 0. The summed E-state index contributed by atoms with van der Waals surface area (Å²) < 4.78 is 0. The molecule has 0 rings (SSSR count). The van der Waals surface area contributed by atoms with Crippen LogP contribution in [-0.2, 0) is 0 Å². The fourth-order valence-corrected chi connectivity index (χ4v) is 1.25. The van der Waals surface area contributed by atoms with Gasteiger partial charge in [-0.1, -0.05) is 30.2 Å². The molecule has 2 nitrogen and oxygen atoms in total. The van der Waals surface area contributed by atoms with Crippen LogP contribution in [0.1, 0.15) is 52.9 Å². The van der Waals surface area contributed by atoms with E-state index in [1.165, 1.54) is 17.4 Å². The van der Waals surface area contributed by atoms with E-state index in [4.69, 9.17) is 5.21 Å². The van der Waals surface area contributed by atoms with Crippen LogP contribution < -0.4 is 0 Å². The second-order valence-electron chi connectivity index (χ2n) is 3.87. The van der Waals surface area contributed by atoms with Gasteiger partial charge in [-0.25, -0.2) is 0 Å². The van der Waals surface area contributed by atoms with Crippen molar-refractivity contribution >= 4 is 6.21 Å². The Labute approximate surface area is 93.4 Å². The van der Waals surface area contributed by atoms with E-state index in [0.29, 0.717) is 0 Å². The average molecular weight is 209 g/mol. The molecule has 0 aromatic carbocycles. The standard InChI is InChI=1S/C13H23NO/c1-4-12(2)9-7-10-13(3)8-5-6-11-14-15/h8-9,11,15H,4-7,10H2,1-3H3/b12-9+,13-8+,14-11+. The molecule has 0 amide bonds. The third kappa shape index (κ3) is 9.26. The third-order valence-corrected chi connectivity index (χ3v) is 2.46. The first-order valence-electron chi connectivity index (χ1n) is 5.67. The van der Waals surface area contributed by atoms with Crippen LogP contribution in [0.15, 0.2) is 28.5 Å². The van der Waals surface area contributed by atoms with Gasteiger partial charge in [-0.15, -0.1) is 5.16 Å². The van der Waals surface area contributed by atoms with Crippen LogP contribution >= 0.6 is 0 Å². The summed E-state index contributed by atoms with van der Waals surface area (Å²) in [6.45, 7) is 6.52. The normalized spacial score (nSPS) is 13.8. The summed E-state index contributed by atoms with van der Waals surface area (Å²) in [5.74, 6) is 0. The minimum Gasteiger partial charge on any atom is -0.411 e. The number of unbranched alkanes of at least 4 members (excludes halogenated alkanes) is 1. The van der Waals surface area contributed by atoms with E-state index < -0.39 is 0 Å². The molecule has 0 atom stereocenters. The van der Waals surface area contributed by atoms with Crippen LogP contribution in [0, 0.1) is 0 Å². The van der Waals surface area contributed by atoms with E-state index in [0.717, 1.165) is 32.1 Å². The maximum Gasteiger partial charge on any atom is 0.0439 e. The lowest BCUT2D eigenvalue weighted by Crippen LogP contribution is -1.80. The Hall–Kier alpha value is -1.05. The zero-order valence-corrected chi connectivity index (χ0v) is 10.2. The molecular weight excluding hydrogens is 186 g/mol. The number of rotatable bonds is 7. The van der Waals surface area contributed by atoms with Crippen LogP contribution in [0.3, 0.4) is 0 Å². The summed E-state index contributed by atoms with van der Waals surface area (Å²) in [4.78, 5) is 0. The molecule has 0 radical (unpaired) electrons. The summed E-state index contributed by atoms with van der Waals surface area (Å²) in [6.07, 6.45) is 11.3. The minimum absolute atomic E-state index is 0.817. The van der Waals surface area contributed by atoms with E-state index >= 15 is 0 Å². The summed E-state index contributed by atoms with van der Waals surface area (Å²) in [5.41, 5.74) is 2.89. The first-order valence-corrected chi connectivity index (χ1v) is 5.67. The van der Waals surface area contributed by atoms with Crippen LogP contribution in [0.25, 0.3) is 0 Å². The van der Waals surface area contributed by atoms with Crippen molar-refractivity contribution in [3.63, 3.8) is 0 Å². The quantitative estimate of drug-likeness (QED) is 0.219. The van der Waals surface area contributed by atoms with Crippen LogP contribution in [0.2, 0.25) is 0 Å². The molecule has 0 heterocycles. The third-order valence-electron chi connectivity index (χ3n) is 2.46. The highest BCUT2D eigenvalue weighted by molar-refractivity contribution is 5.56. The zero-order valence-electron chi connectivity index (χ0n) is 10.2. The Kier molecular flexibility index (Phi) is 8.84. The maximum absolute atomic E-state index is 8.20. The van der Waals surface area contributed by atoms with E-state index in [9.17, 15) is 0 Å². The SMILES string of the molecule is CC/C(C)=C/CC/C(C)=C/CC/C=N/O. The number of hydrogen-bond acceptors (Lipinski definition) is 2. The average Bonchev–Trinajstić information content (AvgIpc) is 2.24. The van der Waals surface area contributed by atoms with Gasteiger partial charge in [-0.05, 0) is 46.0 Å². The highest BCUT2D eigenvalue weighted by atomic mass is 16.4. The smallest absolute Gasteiger partial charge is 0.0439 e. The largest absolute Gasteiger partial charge is 0.411 e. The molecule has 15 heavy (non-hydrogen) atoms. The van der Waals surface area contributed by atoms with Gasteiger partial charge in [-0.3, -0.25) is 0 Å². The fourth-order valence-electron chi connectivity index (χ4n) is 1.25. The molecule has 0 aromatic heterocycles. The van der Waals surface area contributed by atoms with Crippen molar-refractivity contribution in [1.82, 2.24) is 0 Å². The van der Waals surface area contributed by atoms with Gasteiger partial charge in [0, 0.05) is 6.21 Å². The number of nitrogens with zero attached hydrogens (tertiary/aromatic N) is 1. The molecule has 0 bridgehead atoms. The van der Waals surface area contributed by atoms with Gasteiger partial charge in [0.1, 0.15) is 0 Å². The summed E-state index contributed by atoms with van der Waals surface area (Å²) in [5, 5.41) is 11.2. The molecule has 0 saturated heterocycles. The van der Waals surface area contributed by atoms with Crippen molar-refractivity contribution in [2.75, 3.05) is 0 Å². The lowest BCUT2D eigenvalue weighted by Gasteiger charge is -1.99. The Morgan fingerprint density at radius 1 is 1.07 bits per heavy atom. The molecule has 0 aliphatic heterocycles. The van der Waals surface area contributed by atoms with E-state index in [1.54, 1.807) is 0 Å². The number of oxime groups is 1. The fraction of sp³-hybridized carbons (Fsp3) is 0.615. The van der Waals surface area contributed by atoms with Crippen LogP contribution in [-0.4, -0.2) is 11.4 Å². The Balaban J connectivity index is 3.68. The Bertz CT molecular complexity index is 239. The summed E-state index contributed by atoms with van der Waals surface area (Å²) in [7, 11) is 0. The molecule has 0 spiro atoms. The second kappa shape index (κ2) is 9.50. The van der Waals surface area contributed by atoms with Crippen molar-refractivity contribution in [3.05, 3.63) is 23.3 Å². The van der Waals surface area contributed by atoms with Gasteiger partial charge in [0.05, 0.1) is 0 Å². The van der Waals surface area contributed by atoms with Crippen molar-refractivity contribution in [2.24, 2.45) is 5.16 Å². The number of allylic oxidation sites excluding steroid dienone is 4. The van der Waals surface area contributed by atoms with Gasteiger partial charge >= 0.3 is 0 Å². The van der Waals surface area contributed by atoms with E-state index in [2.05, 4.69) is 38.1 Å². The minimum atomic E-state index is 0.817. The maximum atomic E-state index is 8.20. The van der Waals surface area contributed by atoms with Crippen LogP contribution in [0.5, 0.6) is 0 Å². The molecular formula is C13H23NO. The van der Waals surface area contributed by atoms with Gasteiger partial charge in [0.2, 0.25) is 0 Å². The Morgan fingerprint density at radius 2 is 1.73 bits per heavy atom. The molecule has 0 saturated carbocycles. The lowest BCUT2D eigenvalue weighted by atomic mass is 10.1. The Morgan fingerprint density at radius 3 is 2.33 bits per heavy atom. The first kappa shape index (κ1) is 13.9. The monoisotopic (exact) mass is 209 g/mol. The molecule has 86 valence electrons. The molecule has 2 heteroatoms. The molecule has 0 aromatic rings. The van der Waals surface area contributed by atoms with Gasteiger partial charge < -0.3 is 5.21 Å². The van der Waals surface area contributed by atoms with Crippen LogP contribution in [0.4, 0.5) is 0 Å². The van der Waals surface area contributed by atoms with Crippen molar-refractivity contribution in [1.29, 1.82) is 0 Å². The molecule has 0 aliphatic rings. The highest BCUT2D eigenvalue weighted by Gasteiger charge is 1.89. The number of hydrogen-bond donors (Lipinski definition) is 1. The van der Waals surface area contributed by atoms with Gasteiger partial charge in [0.15, 0.2) is 0 Å². The predicted octanol–water partition coefficient (Wildman–Crippen LogP) is 4.31.